The van der Waals surface area contributed by atoms with E-state index in [1.54, 1.807) is 20.0 Å². The number of aromatic nitrogens is 1. The first-order valence-corrected chi connectivity index (χ1v) is 10.2. The fourth-order valence-corrected chi connectivity index (χ4v) is 4.13. The maximum absolute atomic E-state index is 14.0. The molecule has 31 heavy (non-hydrogen) atoms. The summed E-state index contributed by atoms with van der Waals surface area (Å²) in [4.78, 5) is 40.4. The average Bonchev–Trinajstić information content (AvgIpc) is 3.16. The van der Waals surface area contributed by atoms with Gasteiger partial charge in [0.15, 0.2) is 12.1 Å². The van der Waals surface area contributed by atoms with Crippen LogP contribution in [0.3, 0.4) is 0 Å². The number of hydrogen-bond donors (Lipinski definition) is 3. The van der Waals surface area contributed by atoms with Gasteiger partial charge in [-0.15, -0.1) is 0 Å². The summed E-state index contributed by atoms with van der Waals surface area (Å²) in [5.41, 5.74) is 0.909. The van der Waals surface area contributed by atoms with Gasteiger partial charge in [-0.25, -0.2) is 13.8 Å². The summed E-state index contributed by atoms with van der Waals surface area (Å²) < 4.78 is 15.9. The third-order valence-corrected chi connectivity index (χ3v) is 6.01. The zero-order valence-corrected chi connectivity index (χ0v) is 17.6. The summed E-state index contributed by atoms with van der Waals surface area (Å²) in [6.45, 7) is 3.56. The Morgan fingerprint density at radius 3 is 2.68 bits per heavy atom. The van der Waals surface area contributed by atoms with Crippen LogP contribution in [0.25, 0.3) is 0 Å². The lowest BCUT2D eigenvalue weighted by atomic mass is 10.0. The highest BCUT2D eigenvalue weighted by molar-refractivity contribution is 6.09. The molecule has 2 aliphatic rings. The molecule has 0 bridgehead atoms. The molecular formula is C22H25FN5O3+. The number of carbonyl (C=O) groups excluding carboxylic acids is 3. The number of halogens is 1. The molecule has 3 heterocycles. The van der Waals surface area contributed by atoms with Gasteiger partial charge in [-0.2, -0.15) is 4.90 Å². The molecule has 3 N–H and O–H groups in total. The van der Waals surface area contributed by atoms with Crippen LogP contribution in [0.1, 0.15) is 25.5 Å². The number of hydrogen-bond acceptors (Lipinski definition) is 4. The number of anilines is 2. The van der Waals surface area contributed by atoms with Crippen molar-refractivity contribution in [1.29, 1.82) is 0 Å². The molecule has 0 radical (unpaired) electrons. The first-order valence-electron chi connectivity index (χ1n) is 10.2. The van der Waals surface area contributed by atoms with E-state index < -0.39 is 29.8 Å². The van der Waals surface area contributed by atoms with Crippen molar-refractivity contribution in [1.82, 2.24) is 10.6 Å². The van der Waals surface area contributed by atoms with Gasteiger partial charge < -0.3 is 16.0 Å². The number of para-hydroxylation sites is 1. The Labute approximate surface area is 179 Å². The summed E-state index contributed by atoms with van der Waals surface area (Å²) >= 11 is 0. The number of benzene rings is 1. The van der Waals surface area contributed by atoms with Crippen molar-refractivity contribution in [2.24, 2.45) is 0 Å². The zero-order chi connectivity index (χ0) is 22.3. The molecule has 0 spiro atoms. The summed E-state index contributed by atoms with van der Waals surface area (Å²) in [6.07, 6.45) is 2.14. The molecule has 8 nitrogen and oxygen atoms in total. The monoisotopic (exact) mass is 426 g/mol. The Morgan fingerprint density at radius 1 is 1.23 bits per heavy atom. The number of amides is 3. The standard InChI is InChI=1S/C22H24FN5O3/c1-12(24-3)19(29)26-18-13(2)27-10-6-7-14-11-17(28(21(14)27)22(18)31)20(30)25-16-9-5-4-8-15(16)23/h4-10,12-13,17-18,24H,11H2,1-3H3,(H-,25,26,29,30)/p+1/t12-,13?,17-,18-/m0/s1. The molecule has 4 atom stereocenters. The van der Waals surface area contributed by atoms with Gasteiger partial charge in [0.05, 0.1) is 17.9 Å². The van der Waals surface area contributed by atoms with E-state index in [0.29, 0.717) is 12.2 Å². The molecule has 162 valence electrons. The van der Waals surface area contributed by atoms with Crippen LogP contribution in [0.5, 0.6) is 0 Å². The fraction of sp³-hybridized carbons (Fsp3) is 0.364. The van der Waals surface area contributed by atoms with E-state index in [0.717, 1.165) is 5.56 Å². The molecule has 1 aromatic heterocycles. The second-order valence-corrected chi connectivity index (χ2v) is 7.90. The van der Waals surface area contributed by atoms with Crippen LogP contribution in [-0.2, 0) is 20.8 Å². The van der Waals surface area contributed by atoms with Crippen LogP contribution in [0.2, 0.25) is 0 Å². The molecule has 0 fully saturated rings. The van der Waals surface area contributed by atoms with E-state index in [1.807, 2.05) is 29.8 Å². The Hall–Kier alpha value is -3.33. The second-order valence-electron chi connectivity index (χ2n) is 7.90. The number of rotatable bonds is 5. The summed E-state index contributed by atoms with van der Waals surface area (Å²) in [5.74, 6) is -1.06. The Morgan fingerprint density at radius 2 is 1.97 bits per heavy atom. The highest BCUT2D eigenvalue weighted by Crippen LogP contribution is 2.35. The zero-order valence-electron chi connectivity index (χ0n) is 17.6. The van der Waals surface area contributed by atoms with Crippen molar-refractivity contribution in [3.63, 3.8) is 0 Å². The topological polar surface area (TPSA) is 94.4 Å². The van der Waals surface area contributed by atoms with Crippen LogP contribution in [-0.4, -0.2) is 42.9 Å². The van der Waals surface area contributed by atoms with Crippen molar-refractivity contribution in [3.8, 4) is 0 Å². The summed E-state index contributed by atoms with van der Waals surface area (Å²) in [5, 5.41) is 8.26. The normalized spacial score (nSPS) is 22.6. The van der Waals surface area contributed by atoms with Crippen molar-refractivity contribution in [2.75, 3.05) is 17.3 Å². The molecule has 0 aliphatic carbocycles. The lowest BCUT2D eigenvalue weighted by Gasteiger charge is -2.32. The van der Waals surface area contributed by atoms with E-state index >= 15 is 0 Å². The van der Waals surface area contributed by atoms with E-state index in [4.69, 9.17) is 0 Å². The first-order chi connectivity index (χ1) is 14.8. The van der Waals surface area contributed by atoms with Crippen LogP contribution in [0.4, 0.5) is 15.9 Å². The first kappa shape index (κ1) is 20.9. The predicted octanol–water partition coefficient (Wildman–Crippen LogP) is 0.677. The third kappa shape index (κ3) is 3.54. The number of likely N-dealkylation sites (N-methyl/N-ethyl adjacent to an activating group) is 1. The van der Waals surface area contributed by atoms with Crippen LogP contribution in [0.15, 0.2) is 42.6 Å². The number of nitrogens with zero attached hydrogens (tertiary/aromatic N) is 2. The molecular weight excluding hydrogens is 401 g/mol. The fourth-order valence-electron chi connectivity index (χ4n) is 4.13. The maximum atomic E-state index is 14.0. The van der Waals surface area contributed by atoms with Crippen LogP contribution >= 0.6 is 0 Å². The van der Waals surface area contributed by atoms with E-state index in [1.165, 1.54) is 23.1 Å². The molecule has 9 heteroatoms. The second kappa shape index (κ2) is 8.07. The predicted molar refractivity (Wildman–Crippen MR) is 112 cm³/mol. The highest BCUT2D eigenvalue weighted by Gasteiger charge is 2.55. The third-order valence-electron chi connectivity index (χ3n) is 6.01. The van der Waals surface area contributed by atoms with Crippen LogP contribution < -0.4 is 25.4 Å². The molecule has 0 saturated heterocycles. The number of pyridine rings is 1. The molecule has 4 rings (SSSR count). The Bertz CT molecular complexity index is 1060. The summed E-state index contributed by atoms with van der Waals surface area (Å²) in [6, 6.07) is 7.13. The van der Waals surface area contributed by atoms with Crippen molar-refractivity contribution >= 4 is 29.2 Å². The molecule has 0 saturated carbocycles. The van der Waals surface area contributed by atoms with Crippen molar-refractivity contribution in [3.05, 3.63) is 54.0 Å². The van der Waals surface area contributed by atoms with E-state index in [-0.39, 0.29) is 23.5 Å². The lowest BCUT2D eigenvalue weighted by Crippen LogP contribution is -2.67. The van der Waals surface area contributed by atoms with Gasteiger partial charge in [-0.05, 0) is 45.2 Å². The van der Waals surface area contributed by atoms with Gasteiger partial charge in [0.2, 0.25) is 5.91 Å². The van der Waals surface area contributed by atoms with E-state index in [9.17, 15) is 18.8 Å². The van der Waals surface area contributed by atoms with Crippen molar-refractivity contribution in [2.45, 2.75) is 44.4 Å². The number of carbonyl (C=O) groups is 3. The lowest BCUT2D eigenvalue weighted by molar-refractivity contribution is -0.710. The largest absolute Gasteiger partial charge is 0.337 e. The minimum absolute atomic E-state index is 0.0573. The van der Waals surface area contributed by atoms with Crippen molar-refractivity contribution < 1.29 is 23.3 Å². The molecule has 3 amide bonds. The summed E-state index contributed by atoms with van der Waals surface area (Å²) in [7, 11) is 1.66. The quantitative estimate of drug-likeness (QED) is 0.613. The Balaban J connectivity index is 1.67. The van der Waals surface area contributed by atoms with Gasteiger partial charge in [0, 0.05) is 12.0 Å². The minimum Gasteiger partial charge on any atom is -0.337 e. The van der Waals surface area contributed by atoms with Gasteiger partial charge in [0.1, 0.15) is 11.9 Å². The average molecular weight is 426 g/mol. The van der Waals surface area contributed by atoms with Gasteiger partial charge in [-0.1, -0.05) is 12.1 Å². The molecule has 1 aromatic carbocycles. The van der Waals surface area contributed by atoms with Gasteiger partial charge in [-0.3, -0.25) is 9.59 Å². The van der Waals surface area contributed by atoms with Gasteiger partial charge >= 0.3 is 5.91 Å². The SMILES string of the molecule is CN[C@@H](C)C(=O)N[C@@H]1C(=O)N2c3c(ccc[n+]3C1C)C[C@H]2C(=O)Nc1ccccc1F. The van der Waals surface area contributed by atoms with E-state index in [2.05, 4.69) is 16.0 Å². The molecule has 2 aromatic rings. The smallest absolute Gasteiger partial charge is 0.337 e. The number of nitrogens with one attached hydrogen (secondary N) is 3. The minimum atomic E-state index is -0.843. The molecule has 1 unspecified atom stereocenters. The van der Waals surface area contributed by atoms with Gasteiger partial charge in [0.25, 0.3) is 11.7 Å². The highest BCUT2D eigenvalue weighted by atomic mass is 19.1. The Kier molecular flexibility index (Phi) is 5.45. The van der Waals surface area contributed by atoms with Crippen LogP contribution in [0, 0.1) is 5.82 Å². The maximum Gasteiger partial charge on any atom is 0.337 e. The molecule has 2 aliphatic heterocycles.